The molecule has 2 N–H and O–H groups in total. The zero-order chi connectivity index (χ0) is 17.0. The molecule has 0 bridgehead atoms. The molecule has 2 heterocycles. The van der Waals surface area contributed by atoms with Crippen LogP contribution in [0.3, 0.4) is 0 Å². The van der Waals surface area contributed by atoms with Gasteiger partial charge in [-0.15, -0.1) is 0 Å². The number of carbonyl (C=O) groups is 1. The second-order valence-electron chi connectivity index (χ2n) is 6.07. The van der Waals surface area contributed by atoms with Crippen LogP contribution >= 0.6 is 0 Å². The minimum Gasteiger partial charge on any atom is -0.381 e. The molecule has 1 unspecified atom stereocenters. The molecule has 1 amide bonds. The van der Waals surface area contributed by atoms with Crippen molar-refractivity contribution in [2.45, 2.75) is 36.2 Å². The summed E-state index contributed by atoms with van der Waals surface area (Å²) in [6.45, 7) is 2.31. The van der Waals surface area contributed by atoms with E-state index < -0.39 is 10.0 Å². The molecule has 7 nitrogen and oxygen atoms in total. The molecular weight excluding hydrogens is 332 g/mol. The summed E-state index contributed by atoms with van der Waals surface area (Å²) in [6, 6.07) is 5.90. The molecule has 1 atom stereocenters. The lowest BCUT2D eigenvalue weighted by atomic mass is 10.1. The molecule has 3 rings (SSSR count). The Labute approximate surface area is 141 Å². The van der Waals surface area contributed by atoms with E-state index in [1.807, 2.05) is 0 Å². The minimum atomic E-state index is -3.58. The van der Waals surface area contributed by atoms with Crippen LogP contribution in [0, 0.1) is 0 Å². The highest BCUT2D eigenvalue weighted by Crippen LogP contribution is 2.15. The molecule has 132 valence electrons. The Hall–Kier alpha value is -1.48. The van der Waals surface area contributed by atoms with E-state index in [1.165, 1.54) is 24.3 Å². The number of hydrogen-bond acceptors (Lipinski definition) is 5. The topological polar surface area (TPSA) is 93.7 Å². The smallest absolute Gasteiger partial charge is 0.251 e. The van der Waals surface area contributed by atoms with E-state index in [1.54, 1.807) is 0 Å². The maximum atomic E-state index is 12.4. The Morgan fingerprint density at radius 1 is 0.958 bits per heavy atom. The quantitative estimate of drug-likeness (QED) is 0.810. The first-order valence-electron chi connectivity index (χ1n) is 8.13. The Bertz CT molecular complexity index is 662. The van der Waals surface area contributed by atoms with Crippen molar-refractivity contribution in [1.29, 1.82) is 0 Å². The summed E-state index contributed by atoms with van der Waals surface area (Å²) in [4.78, 5) is 12.3. The molecule has 2 fully saturated rings. The number of sulfonamides is 1. The van der Waals surface area contributed by atoms with Crippen LogP contribution in [0.4, 0.5) is 0 Å². The molecule has 2 saturated heterocycles. The summed E-state index contributed by atoms with van der Waals surface area (Å²) in [5, 5.41) is 2.88. The third kappa shape index (κ3) is 4.32. The number of ether oxygens (including phenoxy) is 2. The Kier molecular flexibility index (Phi) is 5.50. The van der Waals surface area contributed by atoms with Crippen molar-refractivity contribution in [1.82, 2.24) is 10.0 Å². The third-order valence-corrected chi connectivity index (χ3v) is 5.77. The van der Waals surface area contributed by atoms with Gasteiger partial charge in [0, 0.05) is 31.4 Å². The molecule has 2 aliphatic rings. The molecule has 1 aromatic rings. The maximum Gasteiger partial charge on any atom is 0.251 e. The standard InChI is InChI=1S/C16H22N2O5S/c19-16(17-14-7-10-23-11-14)12-1-3-15(4-2-12)24(20,21)18-13-5-8-22-9-6-13/h1-4,13-14,18H,5-11H2,(H,17,19). The first-order chi connectivity index (χ1) is 11.5. The predicted molar refractivity (Wildman–Crippen MR) is 87.3 cm³/mol. The van der Waals surface area contributed by atoms with Gasteiger partial charge in [-0.3, -0.25) is 4.79 Å². The van der Waals surface area contributed by atoms with Crippen molar-refractivity contribution < 1.29 is 22.7 Å². The van der Waals surface area contributed by atoms with E-state index in [2.05, 4.69) is 10.0 Å². The van der Waals surface area contributed by atoms with Crippen LogP contribution in [0.2, 0.25) is 0 Å². The van der Waals surface area contributed by atoms with E-state index >= 15 is 0 Å². The summed E-state index contributed by atoms with van der Waals surface area (Å²) in [5.74, 6) is -0.216. The van der Waals surface area contributed by atoms with Crippen molar-refractivity contribution in [3.05, 3.63) is 29.8 Å². The summed E-state index contributed by atoms with van der Waals surface area (Å²) in [6.07, 6.45) is 2.14. The van der Waals surface area contributed by atoms with Crippen LogP contribution in [0.5, 0.6) is 0 Å². The van der Waals surface area contributed by atoms with E-state index in [0.717, 1.165) is 6.42 Å². The highest BCUT2D eigenvalue weighted by atomic mass is 32.2. The number of amides is 1. The van der Waals surface area contributed by atoms with Gasteiger partial charge in [0.1, 0.15) is 0 Å². The molecule has 0 radical (unpaired) electrons. The summed E-state index contributed by atoms with van der Waals surface area (Å²) >= 11 is 0. The van der Waals surface area contributed by atoms with E-state index in [-0.39, 0.29) is 22.9 Å². The van der Waals surface area contributed by atoms with E-state index in [4.69, 9.17) is 9.47 Å². The van der Waals surface area contributed by atoms with Crippen LogP contribution in [-0.4, -0.2) is 52.8 Å². The normalized spacial score (nSPS) is 22.4. The number of rotatable bonds is 5. The molecule has 8 heteroatoms. The number of carbonyl (C=O) groups excluding carboxylic acids is 1. The maximum absolute atomic E-state index is 12.4. The van der Waals surface area contributed by atoms with Crippen molar-refractivity contribution in [2.75, 3.05) is 26.4 Å². The lowest BCUT2D eigenvalue weighted by Gasteiger charge is -2.23. The predicted octanol–water partition coefficient (Wildman–Crippen LogP) is 0.663. The fourth-order valence-electron chi connectivity index (χ4n) is 2.81. The summed E-state index contributed by atoms with van der Waals surface area (Å²) in [5.41, 5.74) is 0.437. The fraction of sp³-hybridized carbons (Fsp3) is 0.562. The average Bonchev–Trinajstić information content (AvgIpc) is 3.08. The molecular formula is C16H22N2O5S. The Morgan fingerprint density at radius 2 is 1.58 bits per heavy atom. The van der Waals surface area contributed by atoms with Gasteiger partial charge in [0.05, 0.1) is 17.5 Å². The van der Waals surface area contributed by atoms with Crippen LogP contribution in [-0.2, 0) is 19.5 Å². The zero-order valence-electron chi connectivity index (χ0n) is 13.4. The van der Waals surface area contributed by atoms with Gasteiger partial charge in [-0.05, 0) is 43.5 Å². The Morgan fingerprint density at radius 3 is 2.21 bits per heavy atom. The van der Waals surface area contributed by atoms with Crippen LogP contribution in [0.15, 0.2) is 29.2 Å². The van der Waals surface area contributed by atoms with E-state index in [9.17, 15) is 13.2 Å². The number of nitrogens with one attached hydrogen (secondary N) is 2. The molecule has 2 aliphatic heterocycles. The molecule has 0 aromatic heterocycles. The minimum absolute atomic E-state index is 0.0242. The van der Waals surface area contributed by atoms with Gasteiger partial charge < -0.3 is 14.8 Å². The van der Waals surface area contributed by atoms with Gasteiger partial charge in [0.15, 0.2) is 0 Å². The SMILES string of the molecule is O=C(NC1CCOC1)c1ccc(S(=O)(=O)NC2CCOCC2)cc1. The van der Waals surface area contributed by atoms with Crippen molar-refractivity contribution in [3.63, 3.8) is 0 Å². The number of benzene rings is 1. The average molecular weight is 354 g/mol. The van der Waals surface area contributed by atoms with Gasteiger partial charge in [-0.2, -0.15) is 0 Å². The Balaban J connectivity index is 1.63. The largest absolute Gasteiger partial charge is 0.381 e. The second-order valence-corrected chi connectivity index (χ2v) is 7.78. The van der Waals surface area contributed by atoms with Crippen LogP contribution in [0.1, 0.15) is 29.6 Å². The third-order valence-electron chi connectivity index (χ3n) is 4.23. The molecule has 0 spiro atoms. The van der Waals surface area contributed by atoms with Crippen LogP contribution < -0.4 is 10.0 Å². The number of hydrogen-bond donors (Lipinski definition) is 2. The lowest BCUT2D eigenvalue weighted by Crippen LogP contribution is -2.38. The molecule has 1 aromatic carbocycles. The summed E-state index contributed by atoms with van der Waals surface area (Å²) in [7, 11) is -3.58. The second kappa shape index (κ2) is 7.60. The van der Waals surface area contributed by atoms with Crippen molar-refractivity contribution in [3.8, 4) is 0 Å². The van der Waals surface area contributed by atoms with Crippen LogP contribution in [0.25, 0.3) is 0 Å². The fourth-order valence-corrected chi connectivity index (χ4v) is 4.11. The van der Waals surface area contributed by atoms with Gasteiger partial charge in [0.25, 0.3) is 5.91 Å². The van der Waals surface area contributed by atoms with Crippen molar-refractivity contribution >= 4 is 15.9 Å². The van der Waals surface area contributed by atoms with Crippen molar-refractivity contribution in [2.24, 2.45) is 0 Å². The summed E-state index contributed by atoms with van der Waals surface area (Å²) < 4.78 is 37.9. The monoisotopic (exact) mass is 354 g/mol. The lowest BCUT2D eigenvalue weighted by molar-refractivity contribution is 0.0832. The van der Waals surface area contributed by atoms with E-state index in [0.29, 0.717) is 44.8 Å². The first kappa shape index (κ1) is 17.3. The molecule has 0 saturated carbocycles. The van der Waals surface area contributed by atoms with Gasteiger partial charge >= 0.3 is 0 Å². The van der Waals surface area contributed by atoms with Gasteiger partial charge in [-0.25, -0.2) is 13.1 Å². The van der Waals surface area contributed by atoms with Gasteiger partial charge in [0.2, 0.25) is 10.0 Å². The van der Waals surface area contributed by atoms with Gasteiger partial charge in [-0.1, -0.05) is 0 Å². The zero-order valence-corrected chi connectivity index (χ0v) is 14.2. The molecule has 0 aliphatic carbocycles. The highest BCUT2D eigenvalue weighted by molar-refractivity contribution is 7.89. The highest BCUT2D eigenvalue weighted by Gasteiger charge is 2.23. The molecule has 24 heavy (non-hydrogen) atoms. The first-order valence-corrected chi connectivity index (χ1v) is 9.62.